The second kappa shape index (κ2) is 7.63. The standard InChI is InChI=1S/C18H16ClN5O/c1-12(25)22-14-5-7-15(8-6-14)23-17-10-18(21-11-20-17)24-16-4-2-3-13(19)9-16/h2-11H,1H3,(H,22,25)(H2,20,21,23,24). The van der Waals surface area contributed by atoms with Crippen LogP contribution in [0.3, 0.4) is 0 Å². The van der Waals surface area contributed by atoms with Crippen LogP contribution in [0, 0.1) is 0 Å². The third-order valence-corrected chi connectivity index (χ3v) is 3.48. The third-order valence-electron chi connectivity index (χ3n) is 3.24. The lowest BCUT2D eigenvalue weighted by Crippen LogP contribution is -2.05. The molecule has 3 aromatic rings. The van der Waals surface area contributed by atoms with Crippen molar-refractivity contribution in [1.82, 2.24) is 9.97 Å². The lowest BCUT2D eigenvalue weighted by molar-refractivity contribution is -0.114. The molecular weight excluding hydrogens is 338 g/mol. The Labute approximate surface area is 150 Å². The minimum Gasteiger partial charge on any atom is -0.340 e. The normalized spacial score (nSPS) is 10.2. The van der Waals surface area contributed by atoms with E-state index < -0.39 is 0 Å². The molecule has 6 nitrogen and oxygen atoms in total. The molecule has 1 heterocycles. The fourth-order valence-corrected chi connectivity index (χ4v) is 2.39. The first-order chi connectivity index (χ1) is 12.1. The Morgan fingerprint density at radius 1 is 0.880 bits per heavy atom. The van der Waals surface area contributed by atoms with E-state index in [-0.39, 0.29) is 5.91 Å². The topological polar surface area (TPSA) is 78.9 Å². The minimum atomic E-state index is -0.103. The van der Waals surface area contributed by atoms with Gasteiger partial charge in [-0.05, 0) is 42.5 Å². The van der Waals surface area contributed by atoms with E-state index in [1.54, 1.807) is 6.07 Å². The molecular formula is C18H16ClN5O. The highest BCUT2D eigenvalue weighted by Gasteiger charge is 2.02. The van der Waals surface area contributed by atoms with E-state index in [0.717, 1.165) is 17.1 Å². The molecule has 0 fully saturated rings. The minimum absolute atomic E-state index is 0.103. The summed E-state index contributed by atoms with van der Waals surface area (Å²) in [6.45, 7) is 1.47. The van der Waals surface area contributed by atoms with Crippen molar-refractivity contribution in [2.75, 3.05) is 16.0 Å². The second-order valence-electron chi connectivity index (χ2n) is 5.31. The molecule has 0 radical (unpaired) electrons. The number of carbonyl (C=O) groups is 1. The van der Waals surface area contributed by atoms with Crippen LogP contribution in [0.2, 0.25) is 5.02 Å². The fraction of sp³-hybridized carbons (Fsp3) is 0.0556. The predicted molar refractivity (Wildman–Crippen MR) is 101 cm³/mol. The summed E-state index contributed by atoms with van der Waals surface area (Å²) in [4.78, 5) is 19.4. The molecule has 7 heteroatoms. The van der Waals surface area contributed by atoms with Crippen molar-refractivity contribution in [2.24, 2.45) is 0 Å². The number of aromatic nitrogens is 2. The first-order valence-electron chi connectivity index (χ1n) is 7.58. The highest BCUT2D eigenvalue weighted by atomic mass is 35.5. The van der Waals surface area contributed by atoms with Gasteiger partial charge in [-0.3, -0.25) is 4.79 Å². The van der Waals surface area contributed by atoms with Gasteiger partial charge in [0.15, 0.2) is 0 Å². The molecule has 0 spiro atoms. The van der Waals surface area contributed by atoms with Gasteiger partial charge in [-0.1, -0.05) is 17.7 Å². The quantitative estimate of drug-likeness (QED) is 0.626. The van der Waals surface area contributed by atoms with Gasteiger partial charge in [0.2, 0.25) is 5.91 Å². The number of anilines is 5. The maximum atomic E-state index is 11.0. The molecule has 0 saturated heterocycles. The van der Waals surface area contributed by atoms with Crippen molar-refractivity contribution in [3.8, 4) is 0 Å². The zero-order valence-electron chi connectivity index (χ0n) is 13.5. The molecule has 25 heavy (non-hydrogen) atoms. The van der Waals surface area contributed by atoms with Gasteiger partial charge < -0.3 is 16.0 Å². The van der Waals surface area contributed by atoms with Gasteiger partial charge in [0.25, 0.3) is 0 Å². The highest BCUT2D eigenvalue weighted by Crippen LogP contribution is 2.22. The van der Waals surface area contributed by atoms with Gasteiger partial charge in [0.1, 0.15) is 18.0 Å². The Morgan fingerprint density at radius 2 is 1.52 bits per heavy atom. The van der Waals surface area contributed by atoms with E-state index >= 15 is 0 Å². The number of benzene rings is 2. The third kappa shape index (κ3) is 4.92. The molecule has 0 bridgehead atoms. The lowest BCUT2D eigenvalue weighted by atomic mass is 10.2. The average Bonchev–Trinajstić information content (AvgIpc) is 2.57. The Kier molecular flexibility index (Phi) is 5.11. The monoisotopic (exact) mass is 353 g/mol. The van der Waals surface area contributed by atoms with Crippen LogP contribution in [0.15, 0.2) is 60.9 Å². The molecule has 0 aliphatic rings. The van der Waals surface area contributed by atoms with E-state index in [2.05, 4.69) is 25.9 Å². The average molecular weight is 354 g/mol. The summed E-state index contributed by atoms with van der Waals surface area (Å²) in [6.07, 6.45) is 1.47. The molecule has 126 valence electrons. The summed E-state index contributed by atoms with van der Waals surface area (Å²) in [6, 6.07) is 16.5. The van der Waals surface area contributed by atoms with Crippen molar-refractivity contribution in [2.45, 2.75) is 6.92 Å². The molecule has 3 N–H and O–H groups in total. The van der Waals surface area contributed by atoms with E-state index in [0.29, 0.717) is 16.7 Å². The van der Waals surface area contributed by atoms with Crippen molar-refractivity contribution < 1.29 is 4.79 Å². The second-order valence-corrected chi connectivity index (χ2v) is 5.74. The van der Waals surface area contributed by atoms with E-state index in [4.69, 9.17) is 11.6 Å². The van der Waals surface area contributed by atoms with Crippen LogP contribution in [-0.4, -0.2) is 15.9 Å². The summed E-state index contributed by atoms with van der Waals surface area (Å²) < 4.78 is 0. The van der Waals surface area contributed by atoms with Crippen LogP contribution in [0.4, 0.5) is 28.7 Å². The van der Waals surface area contributed by atoms with E-state index in [1.807, 2.05) is 48.5 Å². The van der Waals surface area contributed by atoms with Gasteiger partial charge in [-0.2, -0.15) is 0 Å². The van der Waals surface area contributed by atoms with Crippen LogP contribution < -0.4 is 16.0 Å². The largest absolute Gasteiger partial charge is 0.340 e. The van der Waals surface area contributed by atoms with Gasteiger partial charge >= 0.3 is 0 Å². The van der Waals surface area contributed by atoms with Crippen LogP contribution in [-0.2, 0) is 4.79 Å². The first kappa shape index (κ1) is 16.7. The number of amides is 1. The zero-order valence-corrected chi connectivity index (χ0v) is 14.2. The number of hydrogen-bond donors (Lipinski definition) is 3. The summed E-state index contributed by atoms with van der Waals surface area (Å²) in [5.74, 6) is 1.19. The number of halogens is 1. The number of nitrogens with zero attached hydrogens (tertiary/aromatic N) is 2. The van der Waals surface area contributed by atoms with Crippen molar-refractivity contribution in [3.63, 3.8) is 0 Å². The van der Waals surface area contributed by atoms with Gasteiger partial charge in [-0.15, -0.1) is 0 Å². The van der Waals surface area contributed by atoms with Crippen molar-refractivity contribution in [1.29, 1.82) is 0 Å². The van der Waals surface area contributed by atoms with Gasteiger partial charge in [0.05, 0.1) is 0 Å². The molecule has 0 aliphatic carbocycles. The zero-order chi connectivity index (χ0) is 17.6. The van der Waals surface area contributed by atoms with E-state index in [9.17, 15) is 4.79 Å². The molecule has 0 saturated carbocycles. The smallest absolute Gasteiger partial charge is 0.221 e. The predicted octanol–water partition coefficient (Wildman–Crippen LogP) is 4.58. The molecule has 3 rings (SSSR count). The van der Waals surface area contributed by atoms with Crippen LogP contribution in [0.5, 0.6) is 0 Å². The summed E-state index contributed by atoms with van der Waals surface area (Å²) in [7, 11) is 0. The highest BCUT2D eigenvalue weighted by molar-refractivity contribution is 6.30. The molecule has 0 atom stereocenters. The van der Waals surface area contributed by atoms with Crippen LogP contribution in [0.1, 0.15) is 6.92 Å². The number of carbonyl (C=O) groups excluding carboxylic acids is 1. The maximum Gasteiger partial charge on any atom is 0.221 e. The number of nitrogens with one attached hydrogen (secondary N) is 3. The Hall–Kier alpha value is -3.12. The van der Waals surface area contributed by atoms with Crippen LogP contribution >= 0.6 is 11.6 Å². The summed E-state index contributed by atoms with van der Waals surface area (Å²) in [5, 5.41) is 9.74. The number of rotatable bonds is 5. The molecule has 1 aromatic heterocycles. The number of hydrogen-bond acceptors (Lipinski definition) is 5. The molecule has 1 amide bonds. The lowest BCUT2D eigenvalue weighted by Gasteiger charge is -2.09. The van der Waals surface area contributed by atoms with Gasteiger partial charge in [0, 0.05) is 35.1 Å². The maximum absolute atomic E-state index is 11.0. The Morgan fingerprint density at radius 3 is 2.16 bits per heavy atom. The molecule has 2 aromatic carbocycles. The summed E-state index contributed by atoms with van der Waals surface area (Å²) in [5.41, 5.74) is 2.43. The van der Waals surface area contributed by atoms with Crippen molar-refractivity contribution >= 4 is 46.2 Å². The van der Waals surface area contributed by atoms with Crippen molar-refractivity contribution in [3.05, 3.63) is 65.9 Å². The SMILES string of the molecule is CC(=O)Nc1ccc(Nc2cc(Nc3cccc(Cl)c3)ncn2)cc1. The molecule has 0 unspecified atom stereocenters. The van der Waals surface area contributed by atoms with Crippen LogP contribution in [0.25, 0.3) is 0 Å². The Bertz CT molecular complexity index is 883. The Balaban J connectivity index is 1.70. The fourth-order valence-electron chi connectivity index (χ4n) is 2.20. The summed E-state index contributed by atoms with van der Waals surface area (Å²) >= 11 is 5.98. The first-order valence-corrected chi connectivity index (χ1v) is 7.95. The molecule has 0 aliphatic heterocycles. The van der Waals surface area contributed by atoms with E-state index in [1.165, 1.54) is 13.3 Å². The van der Waals surface area contributed by atoms with Gasteiger partial charge in [-0.25, -0.2) is 9.97 Å².